The quantitative estimate of drug-likeness (QED) is 0.374. The van der Waals surface area contributed by atoms with E-state index < -0.39 is 6.04 Å². The van der Waals surface area contributed by atoms with Crippen molar-refractivity contribution in [3.63, 3.8) is 0 Å². The number of nitrogens with one attached hydrogen (secondary N) is 2. The minimum atomic E-state index is -0.743. The number of likely N-dealkylation sites (tertiary alicyclic amines) is 1. The van der Waals surface area contributed by atoms with Gasteiger partial charge in [0.15, 0.2) is 0 Å². The van der Waals surface area contributed by atoms with Gasteiger partial charge in [-0.2, -0.15) is 0 Å². The van der Waals surface area contributed by atoms with Crippen molar-refractivity contribution in [2.24, 2.45) is 11.7 Å². The largest absolute Gasteiger partial charge is 0.341 e. The van der Waals surface area contributed by atoms with Crippen molar-refractivity contribution >= 4 is 39.1 Å². The summed E-state index contributed by atoms with van der Waals surface area (Å²) in [5.41, 5.74) is 7.44. The first-order valence-corrected chi connectivity index (χ1v) is 11.0. The van der Waals surface area contributed by atoms with Crippen LogP contribution in [-0.4, -0.2) is 53.5 Å². The molecule has 3 rings (SSSR count). The summed E-state index contributed by atoms with van der Waals surface area (Å²) in [6.45, 7) is 1.28. The Morgan fingerprint density at radius 2 is 1.97 bits per heavy atom. The molecular weight excluding hydrogens is 404 g/mol. The Morgan fingerprint density at radius 1 is 1.23 bits per heavy atom. The van der Waals surface area contributed by atoms with Crippen LogP contribution in [0, 0.1) is 5.92 Å². The highest BCUT2D eigenvalue weighted by atomic mass is 32.1. The maximum Gasteiger partial charge on any atom is 0.262 e. The van der Waals surface area contributed by atoms with Crippen molar-refractivity contribution in [2.45, 2.75) is 38.1 Å². The number of benzene rings is 1. The van der Waals surface area contributed by atoms with E-state index in [1.165, 1.54) is 11.3 Å². The van der Waals surface area contributed by atoms with Crippen LogP contribution < -0.4 is 16.5 Å². The van der Waals surface area contributed by atoms with Gasteiger partial charge in [0.1, 0.15) is 6.04 Å². The molecule has 1 saturated heterocycles. The van der Waals surface area contributed by atoms with E-state index in [-0.39, 0.29) is 24.3 Å². The van der Waals surface area contributed by atoms with E-state index in [2.05, 4.69) is 5.32 Å². The molecule has 1 unspecified atom stereocenters. The second kappa shape index (κ2) is 10.5. The summed E-state index contributed by atoms with van der Waals surface area (Å²) in [6.07, 6.45) is 3.61. The highest BCUT2D eigenvalue weighted by Crippen LogP contribution is 2.26. The fourth-order valence-electron chi connectivity index (χ4n) is 3.81. The third kappa shape index (κ3) is 5.56. The summed E-state index contributed by atoms with van der Waals surface area (Å²) >= 11 is 1.39. The lowest BCUT2D eigenvalue weighted by Crippen LogP contribution is -2.53. The molecule has 8 nitrogen and oxygen atoms in total. The molecule has 1 atom stereocenters. The number of carbonyl (C=O) groups excluding carboxylic acids is 3. The van der Waals surface area contributed by atoms with Gasteiger partial charge < -0.3 is 16.0 Å². The summed E-state index contributed by atoms with van der Waals surface area (Å²) in [4.78, 5) is 38.9. The molecule has 5 N–H and O–H groups in total. The number of hydrogen-bond acceptors (Lipinski definition) is 6. The highest BCUT2D eigenvalue weighted by Gasteiger charge is 2.29. The summed E-state index contributed by atoms with van der Waals surface area (Å²) in [5.74, 6) is -0.352. The maximum absolute atomic E-state index is 12.9. The number of nitrogens with two attached hydrogens (primary N) is 1. The number of piperidine rings is 1. The van der Waals surface area contributed by atoms with Gasteiger partial charge in [0.25, 0.3) is 5.91 Å². The number of thiophene rings is 1. The Bertz CT molecular complexity index is 859. The Hall–Kier alpha value is -2.49. The monoisotopic (exact) mass is 432 g/mol. The molecule has 30 heavy (non-hydrogen) atoms. The van der Waals surface area contributed by atoms with Gasteiger partial charge in [0.2, 0.25) is 11.8 Å². The lowest BCUT2D eigenvalue weighted by atomic mass is 9.91. The van der Waals surface area contributed by atoms with Crippen LogP contribution in [0.3, 0.4) is 0 Å². The molecule has 0 spiro atoms. The molecule has 2 heterocycles. The molecule has 1 aliphatic rings. The zero-order valence-electron chi connectivity index (χ0n) is 16.8. The van der Waals surface area contributed by atoms with E-state index in [1.54, 1.807) is 10.4 Å². The minimum absolute atomic E-state index is 0.0473. The molecule has 1 aromatic heterocycles. The first kappa shape index (κ1) is 22.2. The number of nitrogens with zero attached hydrogens (tertiary/aromatic N) is 1. The molecule has 162 valence electrons. The number of hydroxylamine groups is 1. The normalized spacial score (nSPS) is 15.7. The Morgan fingerprint density at radius 3 is 2.63 bits per heavy atom. The molecule has 3 amide bonds. The third-order valence-corrected chi connectivity index (χ3v) is 6.67. The average Bonchev–Trinajstić information content (AvgIpc) is 3.21. The van der Waals surface area contributed by atoms with Crippen molar-refractivity contribution < 1.29 is 19.6 Å². The molecular formula is C21H28N4O4S. The van der Waals surface area contributed by atoms with Gasteiger partial charge >= 0.3 is 0 Å². The molecule has 2 aromatic rings. The summed E-state index contributed by atoms with van der Waals surface area (Å²) in [5, 5.41) is 12.3. The molecule has 9 heteroatoms. The smallest absolute Gasteiger partial charge is 0.262 e. The SMILES string of the molecule is NCC(NC(=O)c1cc2ccccc2s1)C(=O)N1CCC(CCCC(=O)NO)CC1. The van der Waals surface area contributed by atoms with Gasteiger partial charge in [-0.25, -0.2) is 5.48 Å². The predicted octanol–water partition coefficient (Wildman–Crippen LogP) is 1.87. The van der Waals surface area contributed by atoms with Crippen LogP contribution in [-0.2, 0) is 9.59 Å². The van der Waals surface area contributed by atoms with E-state index >= 15 is 0 Å². The van der Waals surface area contributed by atoms with Crippen LogP contribution in [0.2, 0.25) is 0 Å². The zero-order valence-corrected chi connectivity index (χ0v) is 17.6. The Kier molecular flexibility index (Phi) is 7.78. The molecule has 0 radical (unpaired) electrons. The van der Waals surface area contributed by atoms with Crippen LogP contribution in [0.1, 0.15) is 41.8 Å². The number of hydrogen-bond donors (Lipinski definition) is 4. The van der Waals surface area contributed by atoms with Gasteiger partial charge in [0.05, 0.1) is 4.88 Å². The molecule has 1 aliphatic heterocycles. The van der Waals surface area contributed by atoms with Crippen LogP contribution >= 0.6 is 11.3 Å². The highest BCUT2D eigenvalue weighted by molar-refractivity contribution is 7.20. The van der Waals surface area contributed by atoms with Gasteiger partial charge in [0, 0.05) is 30.8 Å². The van der Waals surface area contributed by atoms with E-state index in [0.29, 0.717) is 36.7 Å². The first-order chi connectivity index (χ1) is 14.5. The summed E-state index contributed by atoms with van der Waals surface area (Å²) in [7, 11) is 0. The second-order valence-corrected chi connectivity index (χ2v) is 8.69. The topological polar surface area (TPSA) is 125 Å². The van der Waals surface area contributed by atoms with Gasteiger partial charge in [-0.05, 0) is 49.1 Å². The molecule has 0 saturated carbocycles. The van der Waals surface area contributed by atoms with Crippen LogP contribution in [0.5, 0.6) is 0 Å². The van der Waals surface area contributed by atoms with Crippen molar-refractivity contribution in [1.82, 2.24) is 15.7 Å². The zero-order chi connectivity index (χ0) is 21.5. The average molecular weight is 433 g/mol. The third-order valence-electron chi connectivity index (χ3n) is 5.56. The maximum atomic E-state index is 12.9. The fourth-order valence-corrected chi connectivity index (χ4v) is 4.78. The van der Waals surface area contributed by atoms with Crippen molar-refractivity contribution in [2.75, 3.05) is 19.6 Å². The molecule has 0 bridgehead atoms. The molecule has 1 aromatic carbocycles. The van der Waals surface area contributed by atoms with Crippen molar-refractivity contribution in [1.29, 1.82) is 0 Å². The number of fused-ring (bicyclic) bond motifs is 1. The lowest BCUT2D eigenvalue weighted by molar-refractivity contribution is -0.134. The predicted molar refractivity (Wildman–Crippen MR) is 115 cm³/mol. The van der Waals surface area contributed by atoms with Crippen LogP contribution in [0.15, 0.2) is 30.3 Å². The van der Waals surface area contributed by atoms with E-state index in [4.69, 9.17) is 10.9 Å². The lowest BCUT2D eigenvalue weighted by Gasteiger charge is -2.34. The Balaban J connectivity index is 1.50. The van der Waals surface area contributed by atoms with Gasteiger partial charge in [-0.15, -0.1) is 11.3 Å². The van der Waals surface area contributed by atoms with Gasteiger partial charge in [-0.3, -0.25) is 19.6 Å². The Labute approximate surface area is 179 Å². The molecule has 0 aliphatic carbocycles. The standard InChI is InChI=1S/C21H28N4O4S/c22-13-16(23-20(27)18-12-15-5-1-2-6-17(15)30-18)21(28)25-10-8-14(9-11-25)4-3-7-19(26)24-29/h1-2,5-6,12,14,16,29H,3-4,7-11,13,22H2,(H,23,27)(H,24,26). The van der Waals surface area contributed by atoms with E-state index in [9.17, 15) is 14.4 Å². The molecule has 1 fully saturated rings. The fraction of sp³-hybridized carbons (Fsp3) is 0.476. The minimum Gasteiger partial charge on any atom is -0.341 e. The van der Waals surface area contributed by atoms with Crippen LogP contribution in [0.4, 0.5) is 0 Å². The number of rotatable bonds is 8. The van der Waals surface area contributed by atoms with Crippen molar-refractivity contribution in [3.05, 3.63) is 35.2 Å². The van der Waals surface area contributed by atoms with Crippen molar-refractivity contribution in [3.8, 4) is 0 Å². The van der Waals surface area contributed by atoms with E-state index in [1.807, 2.05) is 30.3 Å². The number of carbonyl (C=O) groups is 3. The second-order valence-electron chi connectivity index (χ2n) is 7.61. The number of amides is 3. The first-order valence-electron chi connectivity index (χ1n) is 10.2. The summed E-state index contributed by atoms with van der Waals surface area (Å²) < 4.78 is 1.02. The van der Waals surface area contributed by atoms with E-state index in [0.717, 1.165) is 29.3 Å². The summed E-state index contributed by atoms with van der Waals surface area (Å²) in [6, 6.07) is 8.85. The van der Waals surface area contributed by atoms with Gasteiger partial charge in [-0.1, -0.05) is 18.2 Å². The van der Waals surface area contributed by atoms with Crippen LogP contribution in [0.25, 0.3) is 10.1 Å².